The maximum atomic E-state index is 9.43. The first kappa shape index (κ1) is 16.6. The van der Waals surface area contributed by atoms with Crippen molar-refractivity contribution in [2.75, 3.05) is 12.8 Å². The zero-order valence-electron chi connectivity index (χ0n) is 14.0. The predicted molar refractivity (Wildman–Crippen MR) is 100 cm³/mol. The number of aliphatic hydroxyl groups is 1. The van der Waals surface area contributed by atoms with Crippen molar-refractivity contribution in [3.05, 3.63) is 52.8 Å². The standard InChI is InChI=1S/C18H16ClN5O2/c1-26-17-11(6-10(9-25)7-21-17)8-24-13-5-3-2-4-12(13)14-15(24)16(19)23-18(20)22-14/h2-7,25H,8-9H2,1H3,(H2,20,22,23). The second-order valence-corrected chi connectivity index (χ2v) is 6.20. The highest BCUT2D eigenvalue weighted by molar-refractivity contribution is 6.35. The van der Waals surface area contributed by atoms with Crippen LogP contribution in [0.5, 0.6) is 5.88 Å². The summed E-state index contributed by atoms with van der Waals surface area (Å²) in [6, 6.07) is 9.70. The number of anilines is 1. The van der Waals surface area contributed by atoms with Gasteiger partial charge in [-0.1, -0.05) is 29.8 Å². The van der Waals surface area contributed by atoms with E-state index in [1.165, 1.54) is 0 Å². The van der Waals surface area contributed by atoms with Crippen molar-refractivity contribution in [2.45, 2.75) is 13.2 Å². The van der Waals surface area contributed by atoms with Crippen LogP contribution in [0.15, 0.2) is 36.5 Å². The van der Waals surface area contributed by atoms with E-state index in [0.29, 0.717) is 29.0 Å². The number of fused-ring (bicyclic) bond motifs is 3. The number of aromatic nitrogens is 4. The first-order valence-corrected chi connectivity index (χ1v) is 8.32. The van der Waals surface area contributed by atoms with E-state index in [0.717, 1.165) is 16.5 Å². The molecule has 0 radical (unpaired) electrons. The Balaban J connectivity index is 2.00. The molecule has 0 fully saturated rings. The van der Waals surface area contributed by atoms with Crippen LogP contribution in [0.3, 0.4) is 0 Å². The predicted octanol–water partition coefficient (Wildman–Crippen LogP) is 2.76. The Hall–Kier alpha value is -2.90. The molecular formula is C18H16ClN5O2. The number of aliphatic hydroxyl groups excluding tert-OH is 1. The van der Waals surface area contributed by atoms with Gasteiger partial charge in [0.2, 0.25) is 11.8 Å². The second kappa shape index (κ2) is 6.44. The first-order valence-electron chi connectivity index (χ1n) is 7.95. The third-order valence-corrected chi connectivity index (χ3v) is 4.53. The van der Waals surface area contributed by atoms with Crippen LogP contribution in [-0.2, 0) is 13.2 Å². The fraction of sp³-hybridized carbons (Fsp3) is 0.167. The Morgan fingerprint density at radius 1 is 1.27 bits per heavy atom. The lowest BCUT2D eigenvalue weighted by Crippen LogP contribution is -2.05. The number of benzene rings is 1. The molecule has 0 unspecified atom stereocenters. The fourth-order valence-corrected chi connectivity index (χ4v) is 3.44. The van der Waals surface area contributed by atoms with Gasteiger partial charge in [-0.15, -0.1) is 0 Å². The third-order valence-electron chi connectivity index (χ3n) is 4.26. The van der Waals surface area contributed by atoms with Gasteiger partial charge in [0.05, 0.1) is 25.8 Å². The molecule has 0 bridgehead atoms. The number of nitrogens with two attached hydrogens (primary N) is 1. The van der Waals surface area contributed by atoms with Crippen LogP contribution in [0, 0.1) is 0 Å². The highest BCUT2D eigenvalue weighted by Crippen LogP contribution is 2.33. The number of halogens is 1. The number of hydrogen-bond donors (Lipinski definition) is 2. The molecule has 0 saturated carbocycles. The van der Waals surface area contributed by atoms with Crippen LogP contribution in [0.25, 0.3) is 21.9 Å². The maximum absolute atomic E-state index is 9.43. The molecule has 0 saturated heterocycles. The quantitative estimate of drug-likeness (QED) is 0.536. The summed E-state index contributed by atoms with van der Waals surface area (Å²) < 4.78 is 7.38. The molecule has 0 aliphatic heterocycles. The Kier molecular flexibility index (Phi) is 4.10. The summed E-state index contributed by atoms with van der Waals surface area (Å²) in [6.45, 7) is 0.332. The second-order valence-electron chi connectivity index (χ2n) is 5.84. The summed E-state index contributed by atoms with van der Waals surface area (Å²) in [5.41, 5.74) is 9.64. The fourth-order valence-electron chi connectivity index (χ4n) is 3.17. The van der Waals surface area contributed by atoms with Gasteiger partial charge in [-0.3, -0.25) is 0 Å². The highest BCUT2D eigenvalue weighted by Gasteiger charge is 2.18. The molecule has 0 amide bonds. The van der Waals surface area contributed by atoms with Gasteiger partial charge >= 0.3 is 0 Å². The van der Waals surface area contributed by atoms with Crippen LogP contribution >= 0.6 is 11.6 Å². The highest BCUT2D eigenvalue weighted by atomic mass is 35.5. The Morgan fingerprint density at radius 3 is 2.85 bits per heavy atom. The number of pyridine rings is 1. The van der Waals surface area contributed by atoms with Crippen LogP contribution in [0.2, 0.25) is 5.15 Å². The van der Waals surface area contributed by atoms with Crippen molar-refractivity contribution in [1.82, 2.24) is 19.5 Å². The van der Waals surface area contributed by atoms with E-state index in [9.17, 15) is 5.11 Å². The summed E-state index contributed by atoms with van der Waals surface area (Å²) in [5.74, 6) is 0.618. The van der Waals surface area contributed by atoms with Gasteiger partial charge in [0, 0.05) is 17.1 Å². The van der Waals surface area contributed by atoms with Gasteiger partial charge in [0.25, 0.3) is 0 Å². The van der Waals surface area contributed by atoms with Crippen molar-refractivity contribution in [3.8, 4) is 5.88 Å². The summed E-state index contributed by atoms with van der Waals surface area (Å²) in [7, 11) is 1.56. The van der Waals surface area contributed by atoms with E-state index in [2.05, 4.69) is 15.0 Å². The average molecular weight is 370 g/mol. The minimum Gasteiger partial charge on any atom is -0.481 e. The molecule has 4 rings (SSSR count). The topological polar surface area (TPSA) is 99.1 Å². The van der Waals surface area contributed by atoms with Gasteiger partial charge in [-0.25, -0.2) is 9.97 Å². The van der Waals surface area contributed by atoms with Crippen molar-refractivity contribution < 1.29 is 9.84 Å². The Bertz CT molecular complexity index is 1130. The van der Waals surface area contributed by atoms with Crippen LogP contribution in [0.1, 0.15) is 11.1 Å². The number of nitrogen functional groups attached to an aromatic ring is 1. The molecule has 132 valence electrons. The van der Waals surface area contributed by atoms with E-state index < -0.39 is 0 Å². The molecule has 0 spiro atoms. The smallest absolute Gasteiger partial charge is 0.222 e. The van der Waals surface area contributed by atoms with E-state index >= 15 is 0 Å². The molecule has 3 N–H and O–H groups in total. The Morgan fingerprint density at radius 2 is 2.08 bits per heavy atom. The van der Waals surface area contributed by atoms with Crippen molar-refractivity contribution in [3.63, 3.8) is 0 Å². The van der Waals surface area contributed by atoms with E-state index in [4.69, 9.17) is 22.1 Å². The van der Waals surface area contributed by atoms with E-state index in [1.54, 1.807) is 13.3 Å². The molecule has 7 nitrogen and oxygen atoms in total. The largest absolute Gasteiger partial charge is 0.481 e. The van der Waals surface area contributed by atoms with Crippen molar-refractivity contribution >= 4 is 39.5 Å². The van der Waals surface area contributed by atoms with Crippen LogP contribution < -0.4 is 10.5 Å². The molecule has 0 aliphatic carbocycles. The van der Waals surface area contributed by atoms with Gasteiger partial charge in [-0.05, 0) is 17.7 Å². The zero-order valence-corrected chi connectivity index (χ0v) is 14.7. The Labute approximate surface area is 154 Å². The molecule has 4 aromatic rings. The summed E-state index contributed by atoms with van der Waals surface area (Å²) in [4.78, 5) is 12.7. The molecule has 26 heavy (non-hydrogen) atoms. The number of hydrogen-bond acceptors (Lipinski definition) is 6. The van der Waals surface area contributed by atoms with Crippen LogP contribution in [-0.4, -0.2) is 31.7 Å². The normalized spacial score (nSPS) is 11.3. The van der Waals surface area contributed by atoms with Crippen molar-refractivity contribution in [2.24, 2.45) is 0 Å². The summed E-state index contributed by atoms with van der Waals surface area (Å²) in [5, 5.41) is 10.6. The molecular weight excluding hydrogens is 354 g/mol. The van der Waals surface area contributed by atoms with E-state index in [1.807, 2.05) is 34.9 Å². The van der Waals surface area contributed by atoms with Gasteiger partial charge < -0.3 is 20.1 Å². The maximum Gasteiger partial charge on any atom is 0.222 e. The lowest BCUT2D eigenvalue weighted by Gasteiger charge is -2.12. The first-order chi connectivity index (χ1) is 12.6. The van der Waals surface area contributed by atoms with Gasteiger partial charge in [-0.2, -0.15) is 4.98 Å². The van der Waals surface area contributed by atoms with Gasteiger partial charge in [0.15, 0.2) is 5.15 Å². The lowest BCUT2D eigenvalue weighted by molar-refractivity contribution is 0.280. The summed E-state index contributed by atoms with van der Waals surface area (Å²) in [6.07, 6.45) is 1.59. The lowest BCUT2D eigenvalue weighted by atomic mass is 10.2. The molecule has 3 aromatic heterocycles. The number of para-hydroxylation sites is 1. The minimum absolute atomic E-state index is 0.0996. The van der Waals surface area contributed by atoms with E-state index in [-0.39, 0.29) is 17.7 Å². The molecule has 1 aromatic carbocycles. The molecule has 8 heteroatoms. The molecule has 0 atom stereocenters. The summed E-state index contributed by atoms with van der Waals surface area (Å²) >= 11 is 6.40. The van der Waals surface area contributed by atoms with Crippen LogP contribution in [0.4, 0.5) is 5.95 Å². The molecule has 0 aliphatic rings. The number of nitrogens with zero attached hydrogens (tertiary/aromatic N) is 4. The molecule has 3 heterocycles. The SMILES string of the molecule is COc1ncc(CO)cc1Cn1c2ccccc2c2nc(N)nc(Cl)c21. The third kappa shape index (κ3) is 2.61. The monoisotopic (exact) mass is 369 g/mol. The minimum atomic E-state index is -0.0996. The number of rotatable bonds is 4. The number of methoxy groups -OCH3 is 1. The van der Waals surface area contributed by atoms with Gasteiger partial charge in [0.1, 0.15) is 11.0 Å². The van der Waals surface area contributed by atoms with Crippen molar-refractivity contribution in [1.29, 1.82) is 0 Å². The average Bonchev–Trinajstić information content (AvgIpc) is 2.96. The zero-order chi connectivity index (χ0) is 18.3. The number of ether oxygens (including phenoxy) is 1.